The summed E-state index contributed by atoms with van der Waals surface area (Å²) in [6.45, 7) is 1.87. The van der Waals surface area contributed by atoms with Crippen LogP contribution in [0.15, 0.2) is 12.3 Å². The van der Waals surface area contributed by atoms with Gasteiger partial charge in [0.15, 0.2) is 0 Å². The zero-order valence-corrected chi connectivity index (χ0v) is 6.52. The van der Waals surface area contributed by atoms with Crippen LogP contribution < -0.4 is 5.73 Å². The molecule has 0 unspecified atom stereocenters. The van der Waals surface area contributed by atoms with Crippen LogP contribution in [0.1, 0.15) is 11.3 Å². The van der Waals surface area contributed by atoms with E-state index in [-0.39, 0.29) is 0 Å². The number of anilines is 1. The summed E-state index contributed by atoms with van der Waals surface area (Å²) in [5.41, 5.74) is 8.10. The van der Waals surface area contributed by atoms with Crippen LogP contribution in [0.25, 0.3) is 0 Å². The van der Waals surface area contributed by atoms with Gasteiger partial charge in [-0.2, -0.15) is 0 Å². The van der Waals surface area contributed by atoms with E-state index in [0.717, 1.165) is 11.3 Å². The lowest BCUT2D eigenvalue weighted by atomic mass is 10.2. The predicted octanol–water partition coefficient (Wildman–Crippen LogP) is 1.71. The first-order valence-electron chi connectivity index (χ1n) is 3.01. The molecule has 0 aromatic carbocycles. The Morgan fingerprint density at radius 3 is 2.90 bits per heavy atom. The average Bonchev–Trinajstić information content (AvgIpc) is 1.95. The van der Waals surface area contributed by atoms with Crippen LogP contribution in [0, 0.1) is 6.92 Å². The molecule has 1 aromatic rings. The third-order valence-corrected chi connectivity index (χ3v) is 1.65. The molecule has 0 radical (unpaired) electrons. The number of hydrogen-bond donors (Lipinski definition) is 1. The van der Waals surface area contributed by atoms with E-state index in [9.17, 15) is 0 Å². The van der Waals surface area contributed by atoms with E-state index >= 15 is 0 Å². The minimum atomic E-state index is 0.470. The van der Waals surface area contributed by atoms with Crippen LogP contribution in [-0.4, -0.2) is 4.98 Å². The number of rotatable bonds is 1. The summed E-state index contributed by atoms with van der Waals surface area (Å²) in [6, 6.07) is 1.84. The highest BCUT2D eigenvalue weighted by Crippen LogP contribution is 2.10. The molecule has 0 saturated carbocycles. The summed E-state index contributed by atoms with van der Waals surface area (Å²) in [5.74, 6) is 0.470. The van der Waals surface area contributed by atoms with E-state index in [1.54, 1.807) is 6.20 Å². The van der Waals surface area contributed by atoms with Gasteiger partial charge in [0.05, 0.1) is 11.4 Å². The molecule has 2 N–H and O–H groups in total. The zero-order chi connectivity index (χ0) is 7.56. The van der Waals surface area contributed by atoms with Crippen LogP contribution >= 0.6 is 11.6 Å². The molecule has 0 aliphatic carbocycles. The summed E-state index contributed by atoms with van der Waals surface area (Å²) in [7, 11) is 0. The van der Waals surface area contributed by atoms with Gasteiger partial charge in [0.25, 0.3) is 0 Å². The topological polar surface area (TPSA) is 38.9 Å². The highest BCUT2D eigenvalue weighted by Gasteiger charge is 1.95. The molecule has 54 valence electrons. The molecule has 1 rings (SSSR count). The van der Waals surface area contributed by atoms with Crippen molar-refractivity contribution >= 4 is 17.3 Å². The Morgan fingerprint density at radius 2 is 2.40 bits per heavy atom. The first-order chi connectivity index (χ1) is 4.74. The fraction of sp³-hybridized carbons (Fsp3) is 0.286. The summed E-state index contributed by atoms with van der Waals surface area (Å²) in [5, 5.41) is 0. The molecule has 1 aromatic heterocycles. The van der Waals surface area contributed by atoms with Gasteiger partial charge in [-0.05, 0) is 18.6 Å². The summed E-state index contributed by atoms with van der Waals surface area (Å²) in [6.07, 6.45) is 1.73. The lowest BCUT2D eigenvalue weighted by molar-refractivity contribution is 1.17. The van der Waals surface area contributed by atoms with Crippen molar-refractivity contribution in [3.05, 3.63) is 23.5 Å². The first kappa shape index (κ1) is 7.35. The normalized spacial score (nSPS) is 9.80. The lowest BCUT2D eigenvalue weighted by Gasteiger charge is -1.99. The van der Waals surface area contributed by atoms with Crippen LogP contribution in [0.3, 0.4) is 0 Å². The second-order valence-corrected chi connectivity index (χ2v) is 2.42. The highest BCUT2D eigenvalue weighted by molar-refractivity contribution is 6.17. The quantitative estimate of drug-likeness (QED) is 0.629. The van der Waals surface area contributed by atoms with Gasteiger partial charge in [-0.1, -0.05) is 0 Å². The van der Waals surface area contributed by atoms with Crippen LogP contribution in [-0.2, 0) is 5.88 Å². The van der Waals surface area contributed by atoms with Gasteiger partial charge in [0, 0.05) is 12.1 Å². The number of nitrogens with two attached hydrogens (primary N) is 1. The second kappa shape index (κ2) is 2.88. The molecule has 3 heteroatoms. The van der Waals surface area contributed by atoms with Crippen LogP contribution in [0.2, 0.25) is 0 Å². The molecule has 10 heavy (non-hydrogen) atoms. The number of nitrogens with zero attached hydrogens (tertiary/aromatic N) is 1. The van der Waals surface area contributed by atoms with Crippen molar-refractivity contribution in [1.29, 1.82) is 0 Å². The molecule has 0 bridgehead atoms. The summed E-state index contributed by atoms with van der Waals surface area (Å²) < 4.78 is 0. The van der Waals surface area contributed by atoms with Crippen molar-refractivity contribution in [2.75, 3.05) is 5.73 Å². The van der Waals surface area contributed by atoms with Crippen molar-refractivity contribution in [2.24, 2.45) is 0 Å². The third-order valence-electron chi connectivity index (χ3n) is 1.34. The smallest absolute Gasteiger partial charge is 0.0601 e. The zero-order valence-electron chi connectivity index (χ0n) is 5.76. The summed E-state index contributed by atoms with van der Waals surface area (Å²) in [4.78, 5) is 4.04. The van der Waals surface area contributed by atoms with Crippen molar-refractivity contribution in [3.63, 3.8) is 0 Å². The van der Waals surface area contributed by atoms with Gasteiger partial charge >= 0.3 is 0 Å². The maximum Gasteiger partial charge on any atom is 0.0601 e. The van der Waals surface area contributed by atoms with E-state index in [1.165, 1.54) is 0 Å². The predicted molar refractivity (Wildman–Crippen MR) is 42.9 cm³/mol. The van der Waals surface area contributed by atoms with E-state index < -0.39 is 0 Å². The van der Waals surface area contributed by atoms with Crippen molar-refractivity contribution in [2.45, 2.75) is 12.8 Å². The molecular weight excluding hydrogens is 148 g/mol. The van der Waals surface area contributed by atoms with Crippen LogP contribution in [0.4, 0.5) is 5.69 Å². The molecule has 0 spiro atoms. The molecule has 0 amide bonds. The molecule has 0 saturated heterocycles. The monoisotopic (exact) mass is 156 g/mol. The summed E-state index contributed by atoms with van der Waals surface area (Å²) >= 11 is 5.56. The number of pyridine rings is 1. The van der Waals surface area contributed by atoms with Crippen molar-refractivity contribution in [1.82, 2.24) is 4.98 Å². The Labute approximate surface area is 65.0 Å². The number of halogens is 1. The fourth-order valence-electron chi connectivity index (χ4n) is 0.669. The van der Waals surface area contributed by atoms with Gasteiger partial charge < -0.3 is 5.73 Å². The van der Waals surface area contributed by atoms with E-state index in [2.05, 4.69) is 4.98 Å². The van der Waals surface area contributed by atoms with E-state index in [0.29, 0.717) is 11.6 Å². The Morgan fingerprint density at radius 1 is 1.70 bits per heavy atom. The Balaban J connectivity index is 3.04. The number of aromatic nitrogens is 1. The van der Waals surface area contributed by atoms with E-state index in [4.69, 9.17) is 17.3 Å². The van der Waals surface area contributed by atoms with E-state index in [1.807, 2.05) is 13.0 Å². The van der Waals surface area contributed by atoms with Gasteiger partial charge in [-0.15, -0.1) is 11.6 Å². The fourth-order valence-corrected chi connectivity index (χ4v) is 0.815. The van der Waals surface area contributed by atoms with Crippen molar-refractivity contribution in [3.8, 4) is 0 Å². The minimum Gasteiger partial charge on any atom is -0.397 e. The Bertz CT molecular complexity index is 235. The molecule has 2 nitrogen and oxygen atoms in total. The molecule has 0 aliphatic rings. The van der Waals surface area contributed by atoms with Crippen molar-refractivity contribution < 1.29 is 0 Å². The number of nitrogen functional groups attached to an aromatic ring is 1. The molecule has 0 aliphatic heterocycles. The maximum atomic E-state index is 5.58. The van der Waals surface area contributed by atoms with Crippen LogP contribution in [0.5, 0.6) is 0 Å². The standard InChI is InChI=1S/C7H9ClN2/c1-5-7(9)2-6(3-8)4-10-5/h2,4H,3,9H2,1H3. The van der Waals surface area contributed by atoms with Gasteiger partial charge in [0.2, 0.25) is 0 Å². The lowest BCUT2D eigenvalue weighted by Crippen LogP contribution is -1.93. The number of alkyl halides is 1. The average molecular weight is 157 g/mol. The first-order valence-corrected chi connectivity index (χ1v) is 3.54. The number of aryl methyl sites for hydroxylation is 1. The molecule has 0 atom stereocenters. The Hall–Kier alpha value is -0.760. The maximum absolute atomic E-state index is 5.58. The van der Waals surface area contributed by atoms with Gasteiger partial charge in [-0.3, -0.25) is 4.98 Å². The highest BCUT2D eigenvalue weighted by atomic mass is 35.5. The second-order valence-electron chi connectivity index (χ2n) is 2.15. The largest absolute Gasteiger partial charge is 0.397 e. The van der Waals surface area contributed by atoms with Gasteiger partial charge in [-0.25, -0.2) is 0 Å². The molecule has 1 heterocycles. The Kier molecular flexibility index (Phi) is 2.12. The SMILES string of the molecule is Cc1ncc(CCl)cc1N. The molecular formula is C7H9ClN2. The van der Waals surface area contributed by atoms with Gasteiger partial charge in [0.1, 0.15) is 0 Å². The third kappa shape index (κ3) is 1.39. The number of hydrogen-bond acceptors (Lipinski definition) is 2. The molecule has 0 fully saturated rings. The minimum absolute atomic E-state index is 0.470.